The Labute approximate surface area is 151 Å². The molecule has 0 saturated carbocycles. The molecule has 1 amide bonds. The summed E-state index contributed by atoms with van der Waals surface area (Å²) in [6, 6.07) is 1.76. The first-order chi connectivity index (χ1) is 12.1. The van der Waals surface area contributed by atoms with E-state index >= 15 is 0 Å². The summed E-state index contributed by atoms with van der Waals surface area (Å²) in [5.74, 6) is 1.27. The fourth-order valence-electron chi connectivity index (χ4n) is 2.94. The molecule has 0 aromatic carbocycles. The van der Waals surface area contributed by atoms with Crippen LogP contribution in [0.15, 0.2) is 18.7 Å². The maximum absolute atomic E-state index is 12.2. The summed E-state index contributed by atoms with van der Waals surface area (Å²) in [4.78, 5) is 23.2. The zero-order valence-corrected chi connectivity index (χ0v) is 15.3. The van der Waals surface area contributed by atoms with Crippen molar-refractivity contribution in [3.63, 3.8) is 0 Å². The standard InChI is InChI=1S/C17H22N6OS/c1-4-14-21-22-17(25-14)20-13-10-11(3)18-16(19-13)12-8-6-7-9-23(12)15(24)5-2/h5,10,12H,2,4,6-9H2,1,3H3,(H,18,19,20,22)/t12-/m1/s1. The van der Waals surface area contributed by atoms with Crippen LogP contribution in [0.25, 0.3) is 0 Å². The molecule has 0 unspecified atom stereocenters. The van der Waals surface area contributed by atoms with Gasteiger partial charge >= 0.3 is 0 Å². The first-order valence-corrected chi connectivity index (χ1v) is 9.30. The Morgan fingerprint density at radius 2 is 2.28 bits per heavy atom. The zero-order valence-electron chi connectivity index (χ0n) is 14.5. The van der Waals surface area contributed by atoms with Gasteiger partial charge in [-0.25, -0.2) is 9.97 Å². The second-order valence-electron chi connectivity index (χ2n) is 5.98. The Balaban J connectivity index is 1.87. The van der Waals surface area contributed by atoms with Gasteiger partial charge in [-0.15, -0.1) is 10.2 Å². The number of likely N-dealkylation sites (tertiary alicyclic amines) is 1. The van der Waals surface area contributed by atoms with Crippen LogP contribution in [0.4, 0.5) is 10.9 Å². The van der Waals surface area contributed by atoms with E-state index in [1.807, 2.05) is 24.8 Å². The molecule has 1 saturated heterocycles. The van der Waals surface area contributed by atoms with E-state index in [1.54, 1.807) is 0 Å². The fourth-order valence-corrected chi connectivity index (χ4v) is 3.63. The number of carbonyl (C=O) groups excluding carboxylic acids is 1. The van der Waals surface area contributed by atoms with Gasteiger partial charge in [-0.2, -0.15) is 0 Å². The molecule has 0 bridgehead atoms. The third-order valence-electron chi connectivity index (χ3n) is 4.13. The molecule has 0 radical (unpaired) electrons. The average Bonchev–Trinajstić information content (AvgIpc) is 3.08. The van der Waals surface area contributed by atoms with E-state index in [2.05, 4.69) is 32.1 Å². The number of rotatable bonds is 5. The van der Waals surface area contributed by atoms with Crippen molar-refractivity contribution in [2.75, 3.05) is 11.9 Å². The molecule has 1 aliphatic rings. The molecule has 1 atom stereocenters. The number of nitrogens with zero attached hydrogens (tertiary/aromatic N) is 5. The molecule has 3 heterocycles. The minimum absolute atomic E-state index is 0.0685. The van der Waals surface area contributed by atoms with E-state index in [0.29, 0.717) is 23.3 Å². The molecular formula is C17H22N6OS. The number of hydrogen-bond acceptors (Lipinski definition) is 7. The molecule has 1 N–H and O–H groups in total. The second kappa shape index (κ2) is 7.69. The second-order valence-corrected chi connectivity index (χ2v) is 7.04. The third-order valence-corrected chi connectivity index (χ3v) is 5.12. The number of piperidine rings is 1. The van der Waals surface area contributed by atoms with Gasteiger partial charge < -0.3 is 10.2 Å². The number of carbonyl (C=O) groups is 1. The van der Waals surface area contributed by atoms with Gasteiger partial charge in [0, 0.05) is 18.3 Å². The average molecular weight is 358 g/mol. The summed E-state index contributed by atoms with van der Waals surface area (Å²) in [5.41, 5.74) is 0.851. The molecule has 25 heavy (non-hydrogen) atoms. The Kier molecular flexibility index (Phi) is 5.37. The van der Waals surface area contributed by atoms with Gasteiger partial charge in [0.2, 0.25) is 11.0 Å². The van der Waals surface area contributed by atoms with Crippen molar-refractivity contribution in [2.24, 2.45) is 0 Å². The summed E-state index contributed by atoms with van der Waals surface area (Å²) in [5, 5.41) is 13.1. The number of amides is 1. The van der Waals surface area contributed by atoms with Gasteiger partial charge in [-0.1, -0.05) is 24.8 Å². The smallest absolute Gasteiger partial charge is 0.246 e. The van der Waals surface area contributed by atoms with Crippen molar-refractivity contribution in [1.29, 1.82) is 0 Å². The lowest BCUT2D eigenvalue weighted by atomic mass is 10.0. The highest BCUT2D eigenvalue weighted by atomic mass is 32.1. The first kappa shape index (κ1) is 17.5. The van der Waals surface area contributed by atoms with Crippen molar-refractivity contribution < 1.29 is 4.79 Å². The number of aryl methyl sites for hydroxylation is 2. The van der Waals surface area contributed by atoms with Crippen molar-refractivity contribution in [1.82, 2.24) is 25.1 Å². The summed E-state index contributed by atoms with van der Waals surface area (Å²) in [6.45, 7) is 8.30. The van der Waals surface area contributed by atoms with Crippen LogP contribution in [0.3, 0.4) is 0 Å². The monoisotopic (exact) mass is 358 g/mol. The van der Waals surface area contributed by atoms with Crippen LogP contribution in [0, 0.1) is 6.92 Å². The van der Waals surface area contributed by atoms with E-state index in [4.69, 9.17) is 0 Å². The molecule has 8 heteroatoms. The molecule has 1 fully saturated rings. The highest BCUT2D eigenvalue weighted by Gasteiger charge is 2.29. The predicted molar refractivity (Wildman–Crippen MR) is 97.8 cm³/mol. The Morgan fingerprint density at radius 1 is 1.44 bits per heavy atom. The van der Waals surface area contributed by atoms with Crippen LogP contribution in [-0.4, -0.2) is 37.5 Å². The van der Waals surface area contributed by atoms with Crippen molar-refractivity contribution in [2.45, 2.75) is 45.6 Å². The lowest BCUT2D eigenvalue weighted by Crippen LogP contribution is -2.38. The maximum Gasteiger partial charge on any atom is 0.246 e. The fraction of sp³-hybridized carbons (Fsp3) is 0.471. The predicted octanol–water partition coefficient (Wildman–Crippen LogP) is 3.18. The zero-order chi connectivity index (χ0) is 17.8. The van der Waals surface area contributed by atoms with Crippen LogP contribution in [0.2, 0.25) is 0 Å². The molecule has 0 spiro atoms. The minimum Gasteiger partial charge on any atom is -0.329 e. The van der Waals surface area contributed by atoms with Gasteiger partial charge in [-0.3, -0.25) is 4.79 Å². The van der Waals surface area contributed by atoms with Crippen LogP contribution in [0.1, 0.15) is 48.8 Å². The quantitative estimate of drug-likeness (QED) is 0.827. The molecular weight excluding hydrogens is 336 g/mol. The molecule has 1 aliphatic heterocycles. The van der Waals surface area contributed by atoms with Crippen molar-refractivity contribution >= 4 is 28.2 Å². The van der Waals surface area contributed by atoms with E-state index in [9.17, 15) is 4.79 Å². The molecule has 7 nitrogen and oxygen atoms in total. The molecule has 132 valence electrons. The van der Waals surface area contributed by atoms with Gasteiger partial charge in [0.25, 0.3) is 0 Å². The number of nitrogens with one attached hydrogen (secondary N) is 1. The lowest BCUT2D eigenvalue weighted by molar-refractivity contribution is -0.129. The molecule has 2 aromatic rings. The number of anilines is 2. The summed E-state index contributed by atoms with van der Waals surface area (Å²) >= 11 is 1.51. The first-order valence-electron chi connectivity index (χ1n) is 8.48. The lowest BCUT2D eigenvalue weighted by Gasteiger charge is -2.34. The largest absolute Gasteiger partial charge is 0.329 e. The third kappa shape index (κ3) is 4.01. The normalized spacial score (nSPS) is 17.4. The summed E-state index contributed by atoms with van der Waals surface area (Å²) < 4.78 is 0. The van der Waals surface area contributed by atoms with Crippen molar-refractivity contribution in [3.05, 3.63) is 35.2 Å². The van der Waals surface area contributed by atoms with E-state index < -0.39 is 0 Å². The van der Waals surface area contributed by atoms with Gasteiger partial charge in [0.15, 0.2) is 5.82 Å². The summed E-state index contributed by atoms with van der Waals surface area (Å²) in [7, 11) is 0. The molecule has 2 aromatic heterocycles. The highest BCUT2D eigenvalue weighted by Crippen LogP contribution is 2.30. The highest BCUT2D eigenvalue weighted by molar-refractivity contribution is 7.15. The van der Waals surface area contributed by atoms with Crippen LogP contribution >= 0.6 is 11.3 Å². The van der Waals surface area contributed by atoms with Gasteiger partial charge in [0.05, 0.1) is 6.04 Å². The minimum atomic E-state index is -0.111. The van der Waals surface area contributed by atoms with Gasteiger partial charge in [-0.05, 0) is 38.7 Å². The van der Waals surface area contributed by atoms with Crippen molar-refractivity contribution in [3.8, 4) is 0 Å². The van der Waals surface area contributed by atoms with Gasteiger partial charge in [0.1, 0.15) is 10.8 Å². The molecule has 3 rings (SSSR count). The van der Waals surface area contributed by atoms with E-state index in [0.717, 1.165) is 36.4 Å². The Bertz CT molecular complexity index is 774. The number of hydrogen-bond donors (Lipinski definition) is 1. The SMILES string of the molecule is C=CC(=O)N1CCCC[C@@H]1c1nc(C)cc(Nc2nnc(CC)s2)n1. The van der Waals surface area contributed by atoms with Crippen LogP contribution < -0.4 is 5.32 Å². The van der Waals surface area contributed by atoms with E-state index in [-0.39, 0.29) is 11.9 Å². The summed E-state index contributed by atoms with van der Waals surface area (Å²) in [6.07, 6.45) is 5.13. The molecule has 0 aliphatic carbocycles. The van der Waals surface area contributed by atoms with Crippen LogP contribution in [-0.2, 0) is 11.2 Å². The maximum atomic E-state index is 12.2. The Hall–Kier alpha value is -2.35. The van der Waals surface area contributed by atoms with Crippen LogP contribution in [0.5, 0.6) is 0 Å². The topological polar surface area (TPSA) is 83.9 Å². The number of aromatic nitrogens is 4. The van der Waals surface area contributed by atoms with E-state index in [1.165, 1.54) is 17.4 Å². The Morgan fingerprint density at radius 3 is 3.00 bits per heavy atom.